The number of carbonyl (C=O) groups excluding carboxylic acids is 1. The number of carbonyl (C=O) groups is 1. The molecular weight excluding hydrogens is 268 g/mol. The third-order valence-corrected chi connectivity index (χ3v) is 3.57. The van der Waals surface area contributed by atoms with Gasteiger partial charge >= 0.3 is 5.97 Å². The molecule has 21 heavy (non-hydrogen) atoms. The minimum absolute atomic E-state index is 0.145. The molecule has 0 fully saturated rings. The Kier molecular flexibility index (Phi) is 6.85. The van der Waals surface area contributed by atoms with Gasteiger partial charge in [-0.25, -0.2) is 0 Å². The average molecular weight is 294 g/mol. The topological polar surface area (TPSA) is 55.8 Å². The fourth-order valence-electron chi connectivity index (χ4n) is 1.94. The highest BCUT2D eigenvalue weighted by Crippen LogP contribution is 2.26. The van der Waals surface area contributed by atoms with E-state index in [0.717, 1.165) is 5.56 Å². The summed E-state index contributed by atoms with van der Waals surface area (Å²) in [4.78, 5) is 11.8. The first-order valence-electron chi connectivity index (χ1n) is 7.38. The van der Waals surface area contributed by atoms with Crippen molar-refractivity contribution in [2.75, 3.05) is 6.61 Å². The molecule has 0 spiro atoms. The van der Waals surface area contributed by atoms with Gasteiger partial charge in [0.2, 0.25) is 0 Å². The van der Waals surface area contributed by atoms with Crippen LogP contribution >= 0.6 is 0 Å². The summed E-state index contributed by atoms with van der Waals surface area (Å²) in [7, 11) is 0. The molecule has 118 valence electrons. The number of rotatable bonds is 8. The number of ether oxygens (including phenoxy) is 2. The van der Waals surface area contributed by atoms with Crippen LogP contribution in [-0.2, 0) is 20.9 Å². The van der Waals surface area contributed by atoms with Crippen LogP contribution in [0.2, 0.25) is 0 Å². The molecule has 0 heterocycles. The lowest BCUT2D eigenvalue weighted by molar-refractivity contribution is -0.161. The molecule has 0 bridgehead atoms. The van der Waals surface area contributed by atoms with E-state index in [1.807, 2.05) is 37.3 Å². The second-order valence-electron chi connectivity index (χ2n) is 5.80. The summed E-state index contributed by atoms with van der Waals surface area (Å²) in [5.74, 6) is -0.382. The first-order chi connectivity index (χ1) is 9.87. The molecule has 0 amide bonds. The molecular formula is C17H26O4. The Morgan fingerprint density at radius 3 is 2.48 bits per heavy atom. The van der Waals surface area contributed by atoms with E-state index in [0.29, 0.717) is 19.6 Å². The van der Waals surface area contributed by atoms with E-state index < -0.39 is 11.5 Å². The predicted molar refractivity (Wildman–Crippen MR) is 81.7 cm³/mol. The number of aliphatic hydroxyl groups is 1. The van der Waals surface area contributed by atoms with Crippen molar-refractivity contribution in [2.45, 2.75) is 52.9 Å². The smallest absolute Gasteiger partial charge is 0.314 e. The summed E-state index contributed by atoms with van der Waals surface area (Å²) in [6, 6.07) is 9.86. The Hall–Kier alpha value is -1.39. The van der Waals surface area contributed by atoms with Crippen molar-refractivity contribution in [1.29, 1.82) is 0 Å². The Morgan fingerprint density at radius 1 is 1.29 bits per heavy atom. The van der Waals surface area contributed by atoms with E-state index in [1.54, 1.807) is 20.8 Å². The lowest BCUT2D eigenvalue weighted by atomic mass is 9.84. The highest BCUT2D eigenvalue weighted by Gasteiger charge is 2.37. The molecule has 0 saturated heterocycles. The second-order valence-corrected chi connectivity index (χ2v) is 5.80. The van der Waals surface area contributed by atoms with Gasteiger partial charge in [-0.1, -0.05) is 30.3 Å². The molecule has 0 aliphatic carbocycles. The van der Waals surface area contributed by atoms with Crippen LogP contribution in [0.5, 0.6) is 0 Å². The average Bonchev–Trinajstić information content (AvgIpc) is 2.46. The van der Waals surface area contributed by atoms with Crippen LogP contribution in [0.15, 0.2) is 30.3 Å². The van der Waals surface area contributed by atoms with Crippen LogP contribution in [0, 0.1) is 5.41 Å². The van der Waals surface area contributed by atoms with E-state index >= 15 is 0 Å². The summed E-state index contributed by atoms with van der Waals surface area (Å²) in [6.45, 7) is 7.85. The summed E-state index contributed by atoms with van der Waals surface area (Å²) in [6.07, 6.45) is -0.560. The first kappa shape index (κ1) is 17.7. The minimum Gasteiger partial charge on any atom is -0.466 e. The van der Waals surface area contributed by atoms with Crippen molar-refractivity contribution in [3.05, 3.63) is 35.9 Å². The summed E-state index contributed by atoms with van der Waals surface area (Å²) in [5, 5.41) is 10.3. The van der Waals surface area contributed by atoms with Crippen molar-refractivity contribution in [3.8, 4) is 0 Å². The van der Waals surface area contributed by atoms with Crippen molar-refractivity contribution >= 4 is 5.97 Å². The fraction of sp³-hybridized carbons (Fsp3) is 0.588. The maximum atomic E-state index is 11.8. The highest BCUT2D eigenvalue weighted by atomic mass is 16.5. The van der Waals surface area contributed by atoms with Crippen LogP contribution in [0.25, 0.3) is 0 Å². The van der Waals surface area contributed by atoms with E-state index in [4.69, 9.17) is 9.47 Å². The van der Waals surface area contributed by atoms with Gasteiger partial charge in [-0.05, 0) is 33.3 Å². The fourth-order valence-corrected chi connectivity index (χ4v) is 1.94. The van der Waals surface area contributed by atoms with E-state index in [9.17, 15) is 9.90 Å². The molecule has 2 atom stereocenters. The molecule has 0 aliphatic heterocycles. The Bertz CT molecular complexity index is 428. The molecule has 1 N–H and O–H groups in total. The van der Waals surface area contributed by atoms with Gasteiger partial charge in [0.25, 0.3) is 0 Å². The van der Waals surface area contributed by atoms with Crippen LogP contribution in [-0.4, -0.2) is 29.9 Å². The van der Waals surface area contributed by atoms with Crippen molar-refractivity contribution in [2.24, 2.45) is 5.41 Å². The Balaban J connectivity index is 2.46. The van der Waals surface area contributed by atoms with Crippen LogP contribution in [0.3, 0.4) is 0 Å². The van der Waals surface area contributed by atoms with Crippen molar-refractivity contribution < 1.29 is 19.4 Å². The molecule has 0 aromatic heterocycles. The van der Waals surface area contributed by atoms with E-state index in [1.165, 1.54) is 0 Å². The van der Waals surface area contributed by atoms with Gasteiger partial charge in [-0.3, -0.25) is 4.79 Å². The molecule has 4 nitrogen and oxygen atoms in total. The van der Waals surface area contributed by atoms with Gasteiger partial charge in [0.1, 0.15) is 0 Å². The molecule has 4 heteroatoms. The first-order valence-corrected chi connectivity index (χ1v) is 7.38. The Labute approximate surface area is 127 Å². The summed E-state index contributed by atoms with van der Waals surface area (Å²) < 4.78 is 10.7. The maximum absolute atomic E-state index is 11.8. The lowest BCUT2D eigenvalue weighted by Gasteiger charge is -2.29. The number of aliphatic hydroxyl groups excluding tert-OH is 1. The molecule has 1 aromatic carbocycles. The highest BCUT2D eigenvalue weighted by molar-refractivity contribution is 5.76. The molecule has 1 rings (SSSR count). The monoisotopic (exact) mass is 294 g/mol. The third kappa shape index (κ3) is 5.48. The number of esters is 1. The zero-order valence-corrected chi connectivity index (χ0v) is 13.3. The predicted octanol–water partition coefficient (Wildman–Crippen LogP) is 2.93. The molecule has 1 aromatic rings. The maximum Gasteiger partial charge on any atom is 0.314 e. The number of hydrogen-bond donors (Lipinski definition) is 1. The summed E-state index contributed by atoms with van der Waals surface area (Å²) >= 11 is 0. The van der Waals surface area contributed by atoms with Crippen molar-refractivity contribution in [1.82, 2.24) is 0 Å². The quantitative estimate of drug-likeness (QED) is 0.749. The number of hydrogen-bond acceptors (Lipinski definition) is 4. The van der Waals surface area contributed by atoms with Crippen LogP contribution < -0.4 is 0 Å². The van der Waals surface area contributed by atoms with Crippen LogP contribution in [0.4, 0.5) is 0 Å². The van der Waals surface area contributed by atoms with E-state index in [2.05, 4.69) is 0 Å². The zero-order valence-electron chi connectivity index (χ0n) is 13.3. The van der Waals surface area contributed by atoms with Gasteiger partial charge in [-0.2, -0.15) is 0 Å². The molecule has 0 saturated carbocycles. The second kappa shape index (κ2) is 8.15. The summed E-state index contributed by atoms with van der Waals surface area (Å²) in [5.41, 5.74) is 0.156. The van der Waals surface area contributed by atoms with Gasteiger partial charge in [-0.15, -0.1) is 0 Å². The zero-order chi connectivity index (χ0) is 15.9. The number of benzene rings is 1. The normalized spacial score (nSPS) is 14.5. The SMILES string of the molecule is CCOC(=O)C(C)(C)[C@H](O)C[C@@H](C)OCc1ccccc1. The van der Waals surface area contributed by atoms with Gasteiger partial charge in [0, 0.05) is 6.42 Å². The standard InChI is InChI=1S/C17H26O4/c1-5-20-16(19)17(3,4)15(18)11-13(2)21-12-14-9-7-6-8-10-14/h6-10,13,15,18H,5,11-12H2,1-4H3/t13-,15-/m1/s1. The lowest BCUT2D eigenvalue weighted by Crippen LogP contribution is -2.40. The molecule has 0 unspecified atom stereocenters. The largest absolute Gasteiger partial charge is 0.466 e. The third-order valence-electron chi connectivity index (χ3n) is 3.57. The van der Waals surface area contributed by atoms with E-state index in [-0.39, 0.29) is 12.1 Å². The molecule has 0 aliphatic rings. The van der Waals surface area contributed by atoms with Gasteiger partial charge in [0.05, 0.1) is 30.8 Å². The van der Waals surface area contributed by atoms with Gasteiger partial charge < -0.3 is 14.6 Å². The van der Waals surface area contributed by atoms with Crippen molar-refractivity contribution in [3.63, 3.8) is 0 Å². The van der Waals surface area contributed by atoms with Gasteiger partial charge in [0.15, 0.2) is 0 Å². The van der Waals surface area contributed by atoms with Crippen LogP contribution in [0.1, 0.15) is 39.7 Å². The minimum atomic E-state index is -0.930. The molecule has 0 radical (unpaired) electrons. The Morgan fingerprint density at radius 2 is 1.90 bits per heavy atom.